The minimum Gasteiger partial charge on any atom is -0.312 e. The van der Waals surface area contributed by atoms with Crippen LogP contribution in [0.1, 0.15) is 16.0 Å². The van der Waals surface area contributed by atoms with E-state index in [2.05, 4.69) is 35.8 Å². The lowest BCUT2D eigenvalue weighted by atomic mass is 10.1. The van der Waals surface area contributed by atoms with Gasteiger partial charge in [0, 0.05) is 23.0 Å². The lowest BCUT2D eigenvalue weighted by Crippen LogP contribution is -2.17. The molecule has 0 unspecified atom stereocenters. The molecule has 0 bridgehead atoms. The lowest BCUT2D eigenvalue weighted by Gasteiger charge is -2.09. The maximum Gasteiger partial charge on any atom is 0.0453 e. The minimum absolute atomic E-state index is 0.844. The number of nitrogens with one attached hydrogen (secondary N) is 1. The highest BCUT2D eigenvalue weighted by Gasteiger charge is 2.02. The molecule has 1 nitrogen and oxygen atoms in total. The topological polar surface area (TPSA) is 12.0 Å². The van der Waals surface area contributed by atoms with Crippen LogP contribution in [0.4, 0.5) is 0 Å². The molecule has 2 rings (SSSR count). The normalized spacial score (nSPS) is 10.7. The van der Waals surface area contributed by atoms with E-state index in [1.807, 2.05) is 23.5 Å². The molecule has 0 saturated carbocycles. The molecule has 0 fully saturated rings. The largest absolute Gasteiger partial charge is 0.312 e. The Kier molecular flexibility index (Phi) is 4.60. The smallest absolute Gasteiger partial charge is 0.0453 e. The van der Waals surface area contributed by atoms with Gasteiger partial charge in [-0.3, -0.25) is 0 Å². The number of rotatable bonds is 5. The van der Waals surface area contributed by atoms with Crippen LogP contribution in [-0.2, 0) is 13.0 Å². The molecular formula is C14H16ClNS. The number of thiophene rings is 1. The molecule has 1 aromatic carbocycles. The SMILES string of the molecule is Cc1cccc(Cl)c1CNCCc1cccs1. The Morgan fingerprint density at radius 3 is 2.82 bits per heavy atom. The first kappa shape index (κ1) is 12.6. The van der Waals surface area contributed by atoms with E-state index in [1.54, 1.807) is 0 Å². The van der Waals surface area contributed by atoms with Gasteiger partial charge in [0.15, 0.2) is 0 Å². The molecule has 1 aromatic heterocycles. The quantitative estimate of drug-likeness (QED) is 0.805. The minimum atomic E-state index is 0.844. The third-order valence-electron chi connectivity index (χ3n) is 2.78. The zero-order valence-electron chi connectivity index (χ0n) is 9.87. The second kappa shape index (κ2) is 6.20. The molecule has 0 atom stereocenters. The summed E-state index contributed by atoms with van der Waals surface area (Å²) >= 11 is 7.98. The van der Waals surface area contributed by atoms with E-state index in [4.69, 9.17) is 11.6 Å². The second-order valence-corrected chi connectivity index (χ2v) is 5.48. The van der Waals surface area contributed by atoms with E-state index >= 15 is 0 Å². The van der Waals surface area contributed by atoms with Crippen molar-refractivity contribution in [3.63, 3.8) is 0 Å². The summed E-state index contributed by atoms with van der Waals surface area (Å²) in [6.07, 6.45) is 1.08. The fourth-order valence-corrected chi connectivity index (χ4v) is 2.77. The molecule has 3 heteroatoms. The predicted octanol–water partition coefficient (Wildman–Crippen LogP) is 4.04. The number of halogens is 1. The average molecular weight is 266 g/mol. The van der Waals surface area contributed by atoms with Crippen LogP contribution < -0.4 is 5.32 Å². The number of aryl methyl sites for hydroxylation is 1. The van der Waals surface area contributed by atoms with Crippen molar-refractivity contribution in [3.05, 3.63) is 56.7 Å². The van der Waals surface area contributed by atoms with E-state index in [0.29, 0.717) is 0 Å². The molecule has 0 aliphatic carbocycles. The summed E-state index contributed by atoms with van der Waals surface area (Å²) in [5.41, 5.74) is 2.46. The molecule has 0 amide bonds. The first-order chi connectivity index (χ1) is 8.27. The number of benzene rings is 1. The summed E-state index contributed by atoms with van der Waals surface area (Å²) < 4.78 is 0. The third-order valence-corrected chi connectivity index (χ3v) is 4.07. The van der Waals surface area contributed by atoms with Crippen LogP contribution in [0.15, 0.2) is 35.7 Å². The fourth-order valence-electron chi connectivity index (χ4n) is 1.77. The summed E-state index contributed by atoms with van der Waals surface area (Å²) in [5, 5.41) is 6.42. The van der Waals surface area contributed by atoms with Gasteiger partial charge in [-0.25, -0.2) is 0 Å². The highest BCUT2D eigenvalue weighted by atomic mass is 35.5. The Balaban J connectivity index is 1.82. The summed E-state index contributed by atoms with van der Waals surface area (Å²) in [4.78, 5) is 1.42. The van der Waals surface area contributed by atoms with Crippen LogP contribution in [0.3, 0.4) is 0 Å². The van der Waals surface area contributed by atoms with Gasteiger partial charge in [-0.15, -0.1) is 11.3 Å². The van der Waals surface area contributed by atoms with Crippen molar-refractivity contribution in [2.24, 2.45) is 0 Å². The molecular weight excluding hydrogens is 250 g/mol. The fraction of sp³-hybridized carbons (Fsp3) is 0.286. The van der Waals surface area contributed by atoms with E-state index in [1.165, 1.54) is 16.0 Å². The van der Waals surface area contributed by atoms with E-state index in [-0.39, 0.29) is 0 Å². The van der Waals surface area contributed by atoms with Crippen LogP contribution in [0.25, 0.3) is 0 Å². The van der Waals surface area contributed by atoms with Crippen LogP contribution in [0, 0.1) is 6.92 Å². The standard InChI is InChI=1S/C14H16ClNS/c1-11-4-2-6-14(15)13(11)10-16-8-7-12-5-3-9-17-12/h2-6,9,16H,7-8,10H2,1H3. The van der Waals surface area contributed by atoms with Crippen molar-refractivity contribution in [1.29, 1.82) is 0 Å². The van der Waals surface area contributed by atoms with Crippen LogP contribution >= 0.6 is 22.9 Å². The zero-order chi connectivity index (χ0) is 12.1. The van der Waals surface area contributed by atoms with Gasteiger partial charge < -0.3 is 5.32 Å². The van der Waals surface area contributed by atoms with Crippen molar-refractivity contribution in [3.8, 4) is 0 Å². The highest BCUT2D eigenvalue weighted by molar-refractivity contribution is 7.09. The van der Waals surface area contributed by atoms with E-state index in [0.717, 1.165) is 24.5 Å². The summed E-state index contributed by atoms with van der Waals surface area (Å²) in [5.74, 6) is 0. The second-order valence-electron chi connectivity index (χ2n) is 4.04. The van der Waals surface area contributed by atoms with Crippen molar-refractivity contribution in [2.75, 3.05) is 6.54 Å². The van der Waals surface area contributed by atoms with Gasteiger partial charge in [0.05, 0.1) is 0 Å². The van der Waals surface area contributed by atoms with Gasteiger partial charge in [0.1, 0.15) is 0 Å². The van der Waals surface area contributed by atoms with Crippen LogP contribution in [-0.4, -0.2) is 6.54 Å². The molecule has 0 spiro atoms. The van der Waals surface area contributed by atoms with Crippen LogP contribution in [0.5, 0.6) is 0 Å². The molecule has 1 N–H and O–H groups in total. The summed E-state index contributed by atoms with van der Waals surface area (Å²) in [6, 6.07) is 10.3. The summed E-state index contributed by atoms with van der Waals surface area (Å²) in [7, 11) is 0. The maximum atomic E-state index is 6.17. The molecule has 0 aliphatic rings. The Morgan fingerprint density at radius 1 is 1.24 bits per heavy atom. The van der Waals surface area contributed by atoms with E-state index in [9.17, 15) is 0 Å². The van der Waals surface area contributed by atoms with Gasteiger partial charge in [-0.2, -0.15) is 0 Å². The van der Waals surface area contributed by atoms with Gasteiger partial charge >= 0.3 is 0 Å². The Bertz CT molecular complexity index is 445. The molecule has 17 heavy (non-hydrogen) atoms. The first-order valence-corrected chi connectivity index (χ1v) is 7.00. The van der Waals surface area contributed by atoms with Crippen LogP contribution in [0.2, 0.25) is 5.02 Å². The van der Waals surface area contributed by atoms with Gasteiger partial charge in [-0.1, -0.05) is 29.8 Å². The van der Waals surface area contributed by atoms with Gasteiger partial charge in [0.25, 0.3) is 0 Å². The zero-order valence-corrected chi connectivity index (χ0v) is 11.4. The molecule has 0 saturated heterocycles. The predicted molar refractivity (Wildman–Crippen MR) is 75.9 cm³/mol. The Morgan fingerprint density at radius 2 is 2.12 bits per heavy atom. The van der Waals surface area contributed by atoms with Crippen molar-refractivity contribution < 1.29 is 0 Å². The maximum absolute atomic E-state index is 6.17. The lowest BCUT2D eigenvalue weighted by molar-refractivity contribution is 0.688. The number of hydrogen-bond donors (Lipinski definition) is 1. The molecule has 0 radical (unpaired) electrons. The van der Waals surface area contributed by atoms with Gasteiger partial charge in [0.2, 0.25) is 0 Å². The molecule has 1 heterocycles. The summed E-state index contributed by atoms with van der Waals surface area (Å²) in [6.45, 7) is 3.93. The average Bonchev–Trinajstić information content (AvgIpc) is 2.80. The highest BCUT2D eigenvalue weighted by Crippen LogP contribution is 2.19. The first-order valence-electron chi connectivity index (χ1n) is 5.74. The van der Waals surface area contributed by atoms with Gasteiger partial charge in [-0.05, 0) is 42.0 Å². The van der Waals surface area contributed by atoms with Crippen molar-refractivity contribution in [1.82, 2.24) is 5.32 Å². The van der Waals surface area contributed by atoms with Crippen molar-refractivity contribution in [2.45, 2.75) is 19.9 Å². The molecule has 2 aromatic rings. The number of hydrogen-bond acceptors (Lipinski definition) is 2. The molecule has 90 valence electrons. The van der Waals surface area contributed by atoms with E-state index < -0.39 is 0 Å². The molecule has 0 aliphatic heterocycles. The Labute approximate surface area is 111 Å². The van der Waals surface area contributed by atoms with Crippen molar-refractivity contribution >= 4 is 22.9 Å². The monoisotopic (exact) mass is 265 g/mol. The third kappa shape index (κ3) is 3.56. The Hall–Kier alpha value is -0.830.